The van der Waals surface area contributed by atoms with Crippen molar-refractivity contribution in [3.63, 3.8) is 0 Å². The SMILES string of the molecule is CC(=O)N(C)C(C(=O)O)c1cc(Cl)c2c(c1)OCCO2. The van der Waals surface area contributed by atoms with Crippen LogP contribution in [0.25, 0.3) is 0 Å². The summed E-state index contributed by atoms with van der Waals surface area (Å²) < 4.78 is 10.8. The number of benzene rings is 1. The lowest BCUT2D eigenvalue weighted by molar-refractivity contribution is -0.148. The summed E-state index contributed by atoms with van der Waals surface area (Å²) in [4.78, 5) is 24.0. The average molecular weight is 300 g/mol. The predicted molar refractivity (Wildman–Crippen MR) is 71.3 cm³/mol. The number of carbonyl (C=O) groups is 2. The Kier molecular flexibility index (Phi) is 4.04. The number of ether oxygens (including phenoxy) is 2. The molecule has 1 heterocycles. The van der Waals surface area contributed by atoms with E-state index in [0.717, 1.165) is 4.90 Å². The quantitative estimate of drug-likeness (QED) is 0.919. The van der Waals surface area contributed by atoms with Gasteiger partial charge in [-0.15, -0.1) is 0 Å². The van der Waals surface area contributed by atoms with Gasteiger partial charge in [-0.2, -0.15) is 0 Å². The fraction of sp³-hybridized carbons (Fsp3) is 0.385. The number of carbonyl (C=O) groups excluding carboxylic acids is 1. The van der Waals surface area contributed by atoms with Crippen molar-refractivity contribution in [3.05, 3.63) is 22.7 Å². The molecule has 0 fully saturated rings. The summed E-state index contributed by atoms with van der Waals surface area (Å²) in [6.45, 7) is 2.06. The Morgan fingerprint density at radius 2 is 2.00 bits per heavy atom. The number of rotatable bonds is 3. The van der Waals surface area contributed by atoms with Gasteiger partial charge in [0.05, 0.1) is 5.02 Å². The first-order valence-electron chi connectivity index (χ1n) is 5.97. The molecule has 0 spiro atoms. The summed E-state index contributed by atoms with van der Waals surface area (Å²) in [5, 5.41) is 9.60. The first kappa shape index (κ1) is 14.5. The van der Waals surface area contributed by atoms with Gasteiger partial charge < -0.3 is 19.5 Å². The highest BCUT2D eigenvalue weighted by atomic mass is 35.5. The molecular formula is C13H14ClNO5. The minimum Gasteiger partial charge on any atom is -0.486 e. The van der Waals surface area contributed by atoms with Gasteiger partial charge in [0.2, 0.25) is 5.91 Å². The van der Waals surface area contributed by atoms with Crippen LogP contribution >= 0.6 is 11.6 Å². The molecule has 1 aliphatic heterocycles. The third-order valence-corrected chi connectivity index (χ3v) is 3.33. The number of likely N-dealkylation sites (N-methyl/N-ethyl adjacent to an activating group) is 1. The minimum atomic E-state index is -1.14. The molecule has 0 bridgehead atoms. The van der Waals surface area contributed by atoms with Crippen LogP contribution in [0.5, 0.6) is 11.5 Å². The van der Waals surface area contributed by atoms with E-state index in [1.54, 1.807) is 6.07 Å². The largest absolute Gasteiger partial charge is 0.486 e. The van der Waals surface area contributed by atoms with E-state index in [2.05, 4.69) is 0 Å². The lowest BCUT2D eigenvalue weighted by Crippen LogP contribution is -2.34. The molecule has 108 valence electrons. The molecule has 1 amide bonds. The molecule has 1 unspecified atom stereocenters. The van der Waals surface area contributed by atoms with E-state index < -0.39 is 12.0 Å². The monoisotopic (exact) mass is 299 g/mol. The molecule has 20 heavy (non-hydrogen) atoms. The predicted octanol–water partition coefficient (Wildman–Crippen LogP) is 1.72. The van der Waals surface area contributed by atoms with Gasteiger partial charge >= 0.3 is 5.97 Å². The van der Waals surface area contributed by atoms with Gasteiger partial charge in [0.1, 0.15) is 13.2 Å². The van der Waals surface area contributed by atoms with Gasteiger partial charge in [0, 0.05) is 14.0 Å². The molecule has 0 radical (unpaired) electrons. The lowest BCUT2D eigenvalue weighted by atomic mass is 10.0. The van der Waals surface area contributed by atoms with Crippen LogP contribution in [0.15, 0.2) is 12.1 Å². The molecule has 7 heteroatoms. The zero-order chi connectivity index (χ0) is 14.9. The first-order valence-corrected chi connectivity index (χ1v) is 6.35. The molecule has 6 nitrogen and oxygen atoms in total. The second kappa shape index (κ2) is 5.58. The van der Waals surface area contributed by atoms with E-state index in [1.165, 1.54) is 20.0 Å². The highest BCUT2D eigenvalue weighted by Gasteiger charge is 2.29. The zero-order valence-electron chi connectivity index (χ0n) is 11.1. The smallest absolute Gasteiger partial charge is 0.331 e. The number of aliphatic carboxylic acids is 1. The van der Waals surface area contributed by atoms with Crippen molar-refractivity contribution in [3.8, 4) is 11.5 Å². The number of fused-ring (bicyclic) bond motifs is 1. The van der Waals surface area contributed by atoms with Crippen LogP contribution < -0.4 is 9.47 Å². The summed E-state index contributed by atoms with van der Waals surface area (Å²) in [6.07, 6.45) is 0. The molecule has 0 aliphatic carbocycles. The fourth-order valence-corrected chi connectivity index (χ4v) is 2.28. The van der Waals surface area contributed by atoms with Crippen LogP contribution in [-0.2, 0) is 9.59 Å². The number of hydrogen-bond acceptors (Lipinski definition) is 4. The van der Waals surface area contributed by atoms with E-state index in [-0.39, 0.29) is 10.9 Å². The summed E-state index contributed by atoms with van der Waals surface area (Å²) >= 11 is 6.08. The van der Waals surface area contributed by atoms with E-state index >= 15 is 0 Å². The van der Waals surface area contributed by atoms with Gasteiger partial charge in [-0.1, -0.05) is 11.6 Å². The van der Waals surface area contributed by atoms with Crippen LogP contribution in [0.3, 0.4) is 0 Å². The maximum atomic E-state index is 11.4. The summed E-state index contributed by atoms with van der Waals surface area (Å²) in [7, 11) is 1.42. The maximum Gasteiger partial charge on any atom is 0.331 e. The number of nitrogens with zero attached hydrogens (tertiary/aromatic N) is 1. The molecular weight excluding hydrogens is 286 g/mol. The number of hydrogen-bond donors (Lipinski definition) is 1. The van der Waals surface area contributed by atoms with Gasteiger partial charge in [0.15, 0.2) is 17.5 Å². The van der Waals surface area contributed by atoms with E-state index in [0.29, 0.717) is 30.3 Å². The van der Waals surface area contributed by atoms with Crippen LogP contribution in [0.2, 0.25) is 5.02 Å². The molecule has 1 atom stereocenters. The average Bonchev–Trinajstić information content (AvgIpc) is 2.38. The number of halogens is 1. The van der Waals surface area contributed by atoms with Gasteiger partial charge in [-0.25, -0.2) is 4.79 Å². The Hall–Kier alpha value is -1.95. The van der Waals surface area contributed by atoms with Crippen molar-refractivity contribution in [1.82, 2.24) is 4.90 Å². The minimum absolute atomic E-state index is 0.264. The Morgan fingerprint density at radius 3 is 2.60 bits per heavy atom. The standard InChI is InChI=1S/C13H14ClNO5/c1-7(16)15(2)11(13(17)18)8-5-9(14)12-10(6-8)19-3-4-20-12/h5-6,11H,3-4H2,1-2H3,(H,17,18). The Bertz CT molecular complexity index is 560. The molecule has 0 aromatic heterocycles. The Labute approximate surface area is 120 Å². The van der Waals surface area contributed by atoms with Crippen LogP contribution in [-0.4, -0.2) is 42.1 Å². The first-order chi connectivity index (χ1) is 9.41. The van der Waals surface area contributed by atoms with E-state index in [4.69, 9.17) is 21.1 Å². The van der Waals surface area contributed by atoms with Crippen LogP contribution in [0, 0.1) is 0 Å². The number of carboxylic acids is 1. The summed E-state index contributed by atoms with van der Waals surface area (Å²) in [6, 6.07) is 1.90. The zero-order valence-corrected chi connectivity index (χ0v) is 11.8. The van der Waals surface area contributed by atoms with Gasteiger partial charge in [-0.3, -0.25) is 4.79 Å². The molecule has 2 rings (SSSR count). The maximum absolute atomic E-state index is 11.4. The molecule has 1 aromatic carbocycles. The van der Waals surface area contributed by atoms with Gasteiger partial charge in [0.25, 0.3) is 0 Å². The van der Waals surface area contributed by atoms with Crippen molar-refractivity contribution in [1.29, 1.82) is 0 Å². The van der Waals surface area contributed by atoms with Crippen molar-refractivity contribution >= 4 is 23.5 Å². The topological polar surface area (TPSA) is 76.1 Å². The third-order valence-electron chi connectivity index (χ3n) is 3.05. The molecule has 0 saturated carbocycles. The van der Waals surface area contributed by atoms with Gasteiger partial charge in [-0.05, 0) is 17.7 Å². The third kappa shape index (κ3) is 2.65. The normalized spacial score (nSPS) is 14.6. The fourth-order valence-electron chi connectivity index (χ4n) is 2.00. The second-order valence-electron chi connectivity index (χ2n) is 4.40. The molecule has 0 saturated heterocycles. The van der Waals surface area contributed by atoms with Crippen molar-refractivity contribution < 1.29 is 24.2 Å². The summed E-state index contributed by atoms with van der Waals surface area (Å²) in [5.74, 6) is -0.711. The summed E-state index contributed by atoms with van der Waals surface area (Å²) in [5.41, 5.74) is 0.365. The highest BCUT2D eigenvalue weighted by molar-refractivity contribution is 6.32. The lowest BCUT2D eigenvalue weighted by Gasteiger charge is -2.26. The van der Waals surface area contributed by atoms with E-state index in [1.807, 2.05) is 0 Å². The second-order valence-corrected chi connectivity index (χ2v) is 4.80. The number of amides is 1. The van der Waals surface area contributed by atoms with Crippen molar-refractivity contribution in [2.45, 2.75) is 13.0 Å². The Balaban J connectivity index is 2.47. The molecule has 1 aromatic rings. The van der Waals surface area contributed by atoms with Crippen molar-refractivity contribution in [2.24, 2.45) is 0 Å². The van der Waals surface area contributed by atoms with Crippen LogP contribution in [0.1, 0.15) is 18.5 Å². The van der Waals surface area contributed by atoms with Crippen LogP contribution in [0.4, 0.5) is 0 Å². The van der Waals surface area contributed by atoms with Crippen molar-refractivity contribution in [2.75, 3.05) is 20.3 Å². The Morgan fingerprint density at radius 1 is 1.35 bits per heavy atom. The molecule has 1 N–H and O–H groups in total. The highest BCUT2D eigenvalue weighted by Crippen LogP contribution is 2.40. The molecule has 1 aliphatic rings. The van der Waals surface area contributed by atoms with E-state index in [9.17, 15) is 14.7 Å². The number of carboxylic acid groups (broad SMARTS) is 1.